The molecule has 0 atom stereocenters. The van der Waals surface area contributed by atoms with E-state index in [1.54, 1.807) is 6.92 Å². The van der Waals surface area contributed by atoms with Crippen LogP contribution in [0.25, 0.3) is 0 Å². The summed E-state index contributed by atoms with van der Waals surface area (Å²) in [7, 11) is 0. The maximum Gasteiger partial charge on any atom is 0.416 e. The standard InChI is InChI=1S/C15H14F3N3OS/c1-8-10(11(5-6-19-8)15(16,17)18)7-23-14-20-12-4-2-3-9(12)13(22)21-14/h5-6H,2-4,7H2,1H3,(H,20,21,22). The highest BCUT2D eigenvalue weighted by Gasteiger charge is 2.34. The van der Waals surface area contributed by atoms with Crippen molar-refractivity contribution >= 4 is 11.8 Å². The van der Waals surface area contributed by atoms with E-state index in [-0.39, 0.29) is 16.9 Å². The number of aromatic nitrogens is 3. The number of aromatic amines is 1. The Kier molecular flexibility index (Phi) is 4.18. The monoisotopic (exact) mass is 341 g/mol. The van der Waals surface area contributed by atoms with Crippen LogP contribution in [0.2, 0.25) is 0 Å². The molecule has 1 aliphatic carbocycles. The van der Waals surface area contributed by atoms with Gasteiger partial charge in [0.25, 0.3) is 5.56 Å². The molecule has 0 unspecified atom stereocenters. The third-order valence-electron chi connectivity index (χ3n) is 3.85. The second-order valence-corrected chi connectivity index (χ2v) is 6.32. The predicted octanol–water partition coefficient (Wildman–Crippen LogP) is 3.27. The number of pyridine rings is 1. The summed E-state index contributed by atoms with van der Waals surface area (Å²) in [5.41, 5.74) is 1.03. The van der Waals surface area contributed by atoms with E-state index in [2.05, 4.69) is 15.0 Å². The van der Waals surface area contributed by atoms with Crippen LogP contribution in [0.15, 0.2) is 22.2 Å². The number of hydrogen-bond donors (Lipinski definition) is 1. The van der Waals surface area contributed by atoms with Crippen molar-refractivity contribution < 1.29 is 13.2 Å². The van der Waals surface area contributed by atoms with E-state index < -0.39 is 11.7 Å². The maximum atomic E-state index is 13.1. The van der Waals surface area contributed by atoms with Gasteiger partial charge in [0.15, 0.2) is 5.16 Å². The van der Waals surface area contributed by atoms with Crippen molar-refractivity contribution in [2.45, 2.75) is 43.3 Å². The number of fused-ring (bicyclic) bond motifs is 1. The Labute approximate surface area is 134 Å². The summed E-state index contributed by atoms with van der Waals surface area (Å²) in [6, 6.07) is 0.974. The van der Waals surface area contributed by atoms with Crippen molar-refractivity contribution in [3.8, 4) is 0 Å². The molecule has 23 heavy (non-hydrogen) atoms. The average molecular weight is 341 g/mol. The van der Waals surface area contributed by atoms with Crippen LogP contribution >= 0.6 is 11.8 Å². The topological polar surface area (TPSA) is 58.6 Å². The van der Waals surface area contributed by atoms with Crippen LogP contribution in [0.1, 0.15) is 34.5 Å². The molecular formula is C15H14F3N3OS. The van der Waals surface area contributed by atoms with Crippen LogP contribution in [0.3, 0.4) is 0 Å². The highest BCUT2D eigenvalue weighted by molar-refractivity contribution is 7.98. The fourth-order valence-electron chi connectivity index (χ4n) is 2.67. The van der Waals surface area contributed by atoms with E-state index in [4.69, 9.17) is 0 Å². The molecule has 1 N–H and O–H groups in total. The van der Waals surface area contributed by atoms with Crippen LogP contribution in [0.4, 0.5) is 13.2 Å². The molecule has 4 nitrogen and oxygen atoms in total. The second-order valence-electron chi connectivity index (χ2n) is 5.36. The van der Waals surface area contributed by atoms with Crippen molar-refractivity contribution in [1.82, 2.24) is 15.0 Å². The number of alkyl halides is 3. The Morgan fingerprint density at radius 1 is 1.35 bits per heavy atom. The fourth-order valence-corrected chi connectivity index (χ4v) is 3.66. The van der Waals surface area contributed by atoms with E-state index in [0.717, 1.165) is 42.6 Å². The largest absolute Gasteiger partial charge is 0.416 e. The first kappa shape index (κ1) is 16.0. The Morgan fingerprint density at radius 2 is 2.13 bits per heavy atom. The van der Waals surface area contributed by atoms with Gasteiger partial charge >= 0.3 is 6.18 Å². The number of hydrogen-bond acceptors (Lipinski definition) is 4. The molecule has 0 amide bonds. The maximum absolute atomic E-state index is 13.1. The van der Waals surface area contributed by atoms with Crippen molar-refractivity contribution in [3.05, 3.63) is 50.7 Å². The third-order valence-corrected chi connectivity index (χ3v) is 4.75. The molecule has 0 bridgehead atoms. The molecule has 0 spiro atoms. The Morgan fingerprint density at radius 3 is 2.87 bits per heavy atom. The highest BCUT2D eigenvalue weighted by Crippen LogP contribution is 2.35. The molecule has 8 heteroatoms. The van der Waals surface area contributed by atoms with Crippen molar-refractivity contribution in [3.63, 3.8) is 0 Å². The first-order valence-electron chi connectivity index (χ1n) is 7.13. The van der Waals surface area contributed by atoms with Crippen LogP contribution in [-0.4, -0.2) is 15.0 Å². The lowest BCUT2D eigenvalue weighted by Gasteiger charge is -2.14. The van der Waals surface area contributed by atoms with Gasteiger partial charge in [-0.05, 0) is 37.8 Å². The molecule has 0 fully saturated rings. The zero-order valence-electron chi connectivity index (χ0n) is 12.3. The van der Waals surface area contributed by atoms with Gasteiger partial charge in [-0.2, -0.15) is 13.2 Å². The molecule has 0 saturated carbocycles. The molecule has 2 heterocycles. The van der Waals surface area contributed by atoms with Gasteiger partial charge in [-0.3, -0.25) is 9.78 Å². The summed E-state index contributed by atoms with van der Waals surface area (Å²) in [5, 5.41) is 0.354. The van der Waals surface area contributed by atoms with Gasteiger partial charge in [0, 0.05) is 23.2 Å². The molecule has 2 aromatic heterocycles. The van der Waals surface area contributed by atoms with E-state index >= 15 is 0 Å². The SMILES string of the molecule is Cc1nccc(C(F)(F)F)c1CSc1nc2c(c(=O)[nH]1)CCC2. The van der Waals surface area contributed by atoms with E-state index in [1.807, 2.05) is 0 Å². The summed E-state index contributed by atoms with van der Waals surface area (Å²) in [5.74, 6) is 0.0518. The Balaban J connectivity index is 1.87. The summed E-state index contributed by atoms with van der Waals surface area (Å²) in [6.07, 6.45) is -0.932. The molecule has 122 valence electrons. The smallest absolute Gasteiger partial charge is 0.301 e. The van der Waals surface area contributed by atoms with Crippen LogP contribution in [0, 0.1) is 6.92 Å². The molecular weight excluding hydrogens is 327 g/mol. The zero-order chi connectivity index (χ0) is 16.6. The second kappa shape index (κ2) is 5.99. The average Bonchev–Trinajstić information content (AvgIpc) is 2.93. The molecule has 2 aromatic rings. The van der Waals surface area contributed by atoms with Crippen LogP contribution in [0.5, 0.6) is 0 Å². The lowest BCUT2D eigenvalue weighted by atomic mass is 10.1. The molecule has 0 radical (unpaired) electrons. The zero-order valence-corrected chi connectivity index (χ0v) is 13.1. The summed E-state index contributed by atoms with van der Waals surface area (Å²) in [4.78, 5) is 22.9. The number of thioether (sulfide) groups is 1. The number of nitrogens with one attached hydrogen (secondary N) is 1. The van der Waals surface area contributed by atoms with Crippen LogP contribution < -0.4 is 5.56 Å². The first-order chi connectivity index (χ1) is 10.9. The number of nitrogens with zero attached hydrogens (tertiary/aromatic N) is 2. The Bertz CT molecular complexity index is 802. The van der Waals surface area contributed by atoms with Crippen molar-refractivity contribution in [2.75, 3.05) is 0 Å². The fraction of sp³-hybridized carbons (Fsp3) is 0.400. The minimum absolute atomic E-state index is 0.0518. The normalized spacial score (nSPS) is 14.1. The third kappa shape index (κ3) is 3.26. The van der Waals surface area contributed by atoms with Gasteiger partial charge in [0.05, 0.1) is 11.3 Å². The van der Waals surface area contributed by atoms with Crippen LogP contribution in [-0.2, 0) is 24.8 Å². The molecule has 1 aliphatic rings. The first-order valence-corrected chi connectivity index (χ1v) is 8.11. The number of rotatable bonds is 3. The lowest BCUT2D eigenvalue weighted by Crippen LogP contribution is -2.15. The Hall–Kier alpha value is -1.83. The molecule has 0 saturated heterocycles. The molecule has 0 aromatic carbocycles. The molecule has 3 rings (SSSR count). The quantitative estimate of drug-likeness (QED) is 0.688. The lowest BCUT2D eigenvalue weighted by molar-refractivity contribution is -0.138. The van der Waals surface area contributed by atoms with Gasteiger partial charge < -0.3 is 4.98 Å². The van der Waals surface area contributed by atoms with Crippen molar-refractivity contribution in [2.24, 2.45) is 0 Å². The minimum atomic E-state index is -4.43. The van der Waals surface area contributed by atoms with E-state index in [9.17, 15) is 18.0 Å². The number of aryl methyl sites for hydroxylation is 2. The van der Waals surface area contributed by atoms with Gasteiger partial charge in [0.2, 0.25) is 0 Å². The summed E-state index contributed by atoms with van der Waals surface area (Å²) < 4.78 is 39.3. The molecule has 0 aliphatic heterocycles. The number of halogens is 3. The minimum Gasteiger partial charge on any atom is -0.301 e. The van der Waals surface area contributed by atoms with Gasteiger partial charge in [-0.25, -0.2) is 4.98 Å². The number of H-pyrrole nitrogens is 1. The summed E-state index contributed by atoms with van der Waals surface area (Å²) >= 11 is 1.09. The summed E-state index contributed by atoms with van der Waals surface area (Å²) in [6.45, 7) is 1.55. The van der Waals surface area contributed by atoms with Gasteiger partial charge in [-0.1, -0.05) is 11.8 Å². The van der Waals surface area contributed by atoms with Gasteiger partial charge in [-0.15, -0.1) is 0 Å². The van der Waals surface area contributed by atoms with Crippen molar-refractivity contribution in [1.29, 1.82) is 0 Å². The highest BCUT2D eigenvalue weighted by atomic mass is 32.2. The van der Waals surface area contributed by atoms with Gasteiger partial charge in [0.1, 0.15) is 0 Å². The van der Waals surface area contributed by atoms with E-state index in [0.29, 0.717) is 22.8 Å². The van der Waals surface area contributed by atoms with E-state index in [1.165, 1.54) is 0 Å². The predicted molar refractivity (Wildman–Crippen MR) is 80.4 cm³/mol.